The van der Waals surface area contributed by atoms with Crippen molar-refractivity contribution in [3.05, 3.63) is 60.2 Å². The third-order valence-corrected chi connectivity index (χ3v) is 8.54. The van der Waals surface area contributed by atoms with Crippen LogP contribution in [0.15, 0.2) is 89.7 Å². The molecule has 0 aliphatic rings. The van der Waals surface area contributed by atoms with Crippen LogP contribution in [0.5, 0.6) is 11.5 Å². The van der Waals surface area contributed by atoms with Crippen molar-refractivity contribution in [2.45, 2.75) is 21.6 Å². The van der Waals surface area contributed by atoms with Gasteiger partial charge in [0.1, 0.15) is 38.4 Å². The molecule has 6 N–H and O–H groups in total. The number of nitrogen functional groups attached to an aromatic ring is 1. The topological polar surface area (TPSA) is 268 Å². The van der Waals surface area contributed by atoms with Gasteiger partial charge in [-0.25, -0.2) is 0 Å². The highest BCUT2D eigenvalue weighted by Gasteiger charge is 2.24. The van der Waals surface area contributed by atoms with Gasteiger partial charge in [0.05, 0.1) is 28.8 Å². The Morgan fingerprint density at radius 1 is 0.698 bits per heavy atom. The minimum atomic E-state index is -5.04. The average Bonchev–Trinajstić information content (AvgIpc) is 2.90. The van der Waals surface area contributed by atoms with Gasteiger partial charge >= 0.3 is 0 Å². The molecule has 0 saturated heterocycles. The number of benzene rings is 4. The maximum atomic E-state index is 12.1. The molecule has 0 radical (unpaired) electrons. The smallest absolute Gasteiger partial charge is 0.296 e. The van der Waals surface area contributed by atoms with E-state index in [0.717, 1.165) is 12.1 Å². The number of rotatable bonds is 8. The number of hydrogen-bond donors (Lipinski definition) is 5. The SMILES string of the molecule is COc1cc(N=Nc2ccccc2S(=O)(=O)O)c(C)cc1N=Nc1cc(S(=O)(=O)O)c2cc(S(=O)(=O)O)cc(O)c2c1N. The average molecular weight is 652 g/mol. The first-order valence-corrected chi connectivity index (χ1v) is 15.9. The zero-order valence-electron chi connectivity index (χ0n) is 21.9. The Kier molecular flexibility index (Phi) is 8.24. The van der Waals surface area contributed by atoms with Crippen LogP contribution in [-0.4, -0.2) is 51.1 Å². The Bertz CT molecular complexity index is 2180. The number of hydrogen-bond acceptors (Lipinski definition) is 13. The molecule has 0 atom stereocenters. The number of anilines is 1. The van der Waals surface area contributed by atoms with E-state index >= 15 is 0 Å². The number of nitrogens with two attached hydrogens (primary N) is 1. The lowest BCUT2D eigenvalue weighted by molar-refractivity contribution is 0.416. The first-order valence-electron chi connectivity index (χ1n) is 11.5. The summed E-state index contributed by atoms with van der Waals surface area (Å²) < 4.78 is 105. The molecule has 0 spiro atoms. The highest BCUT2D eigenvalue weighted by atomic mass is 32.2. The minimum Gasteiger partial charge on any atom is -0.507 e. The molecule has 16 nitrogen and oxygen atoms in total. The molecule has 0 aromatic heterocycles. The second kappa shape index (κ2) is 11.3. The Labute approximate surface area is 244 Å². The van der Waals surface area contributed by atoms with Gasteiger partial charge in [0.25, 0.3) is 30.4 Å². The van der Waals surface area contributed by atoms with Gasteiger partial charge in [-0.3, -0.25) is 13.7 Å². The zero-order chi connectivity index (χ0) is 31.9. The van der Waals surface area contributed by atoms with E-state index in [4.69, 9.17) is 10.5 Å². The fraction of sp³-hybridized carbons (Fsp3) is 0.0833. The summed E-state index contributed by atoms with van der Waals surface area (Å²) in [6, 6.07) is 10.3. The molecule has 0 unspecified atom stereocenters. The number of aromatic hydroxyl groups is 1. The maximum absolute atomic E-state index is 12.1. The van der Waals surface area contributed by atoms with Crippen LogP contribution in [0.2, 0.25) is 0 Å². The van der Waals surface area contributed by atoms with E-state index in [1.54, 1.807) is 6.92 Å². The first-order chi connectivity index (χ1) is 19.9. The summed E-state index contributed by atoms with van der Waals surface area (Å²) in [5.41, 5.74) is 6.03. The lowest BCUT2D eigenvalue weighted by Crippen LogP contribution is -2.04. The lowest BCUT2D eigenvalue weighted by atomic mass is 10.1. The molecular weight excluding hydrogens is 630 g/mol. The van der Waals surface area contributed by atoms with Crippen molar-refractivity contribution < 1.29 is 48.8 Å². The predicted molar refractivity (Wildman–Crippen MR) is 152 cm³/mol. The van der Waals surface area contributed by atoms with Crippen LogP contribution in [0.4, 0.5) is 28.4 Å². The molecule has 4 rings (SSSR count). The van der Waals surface area contributed by atoms with Crippen LogP contribution < -0.4 is 10.5 Å². The number of nitrogens with zero attached hydrogens (tertiary/aromatic N) is 4. The summed E-state index contributed by atoms with van der Waals surface area (Å²) in [5, 5.41) is 25.5. The van der Waals surface area contributed by atoms with E-state index in [0.29, 0.717) is 17.7 Å². The summed E-state index contributed by atoms with van der Waals surface area (Å²) in [6.45, 7) is 1.60. The van der Waals surface area contributed by atoms with Crippen molar-refractivity contribution in [2.75, 3.05) is 12.8 Å². The van der Waals surface area contributed by atoms with Gasteiger partial charge in [0.15, 0.2) is 0 Å². The van der Waals surface area contributed by atoms with Gasteiger partial charge < -0.3 is 15.6 Å². The quantitative estimate of drug-likeness (QED) is 0.0955. The van der Waals surface area contributed by atoms with E-state index in [-0.39, 0.29) is 39.6 Å². The summed E-state index contributed by atoms with van der Waals surface area (Å²) >= 11 is 0. The number of azo groups is 2. The van der Waals surface area contributed by atoms with Crippen molar-refractivity contribution in [1.82, 2.24) is 0 Å². The van der Waals surface area contributed by atoms with Crippen molar-refractivity contribution in [1.29, 1.82) is 0 Å². The fourth-order valence-electron chi connectivity index (χ4n) is 3.92. The zero-order valence-corrected chi connectivity index (χ0v) is 24.4. The standard InChI is InChI=1S/C24H21N5O11S3/c1-12-7-17(20(40-2)10-16(12)27-26-15-5-3-4-6-21(15)42(34,35)36)28-29-18-11-22(43(37,38)39)14-8-13(41(31,32)33)9-19(30)23(14)24(18)25/h3-11,30H,25H2,1-2H3,(H,31,32,33)(H,34,35,36)(H,37,38,39). The summed E-state index contributed by atoms with van der Waals surface area (Å²) in [5.74, 6) is -0.746. The minimum absolute atomic E-state index is 0.0798. The summed E-state index contributed by atoms with van der Waals surface area (Å²) in [6.07, 6.45) is 0. The monoisotopic (exact) mass is 651 g/mol. The molecule has 0 aliphatic carbocycles. The molecule has 0 aliphatic heterocycles. The summed E-state index contributed by atoms with van der Waals surface area (Å²) in [7, 11) is -13.2. The van der Waals surface area contributed by atoms with E-state index in [1.807, 2.05) is 0 Å². The molecule has 4 aromatic rings. The van der Waals surface area contributed by atoms with Crippen molar-refractivity contribution >= 4 is 69.6 Å². The normalized spacial score (nSPS) is 12.9. The van der Waals surface area contributed by atoms with Gasteiger partial charge in [-0.2, -0.15) is 30.4 Å². The van der Waals surface area contributed by atoms with Gasteiger partial charge in [0.2, 0.25) is 0 Å². The van der Waals surface area contributed by atoms with Crippen LogP contribution in [-0.2, 0) is 30.4 Å². The van der Waals surface area contributed by atoms with Crippen LogP contribution >= 0.6 is 0 Å². The third-order valence-electron chi connectivity index (χ3n) is 5.92. The number of phenolic OH excluding ortho intramolecular Hbond substituents is 1. The Hall–Kier alpha value is -4.53. The molecule has 43 heavy (non-hydrogen) atoms. The second-order valence-electron chi connectivity index (χ2n) is 8.78. The van der Waals surface area contributed by atoms with E-state index in [9.17, 15) is 44.0 Å². The van der Waals surface area contributed by atoms with Crippen molar-refractivity contribution in [3.8, 4) is 11.5 Å². The van der Waals surface area contributed by atoms with Crippen LogP contribution in [0.3, 0.4) is 0 Å². The maximum Gasteiger partial charge on any atom is 0.296 e. The Morgan fingerprint density at radius 2 is 1.28 bits per heavy atom. The molecule has 0 fully saturated rings. The highest BCUT2D eigenvalue weighted by molar-refractivity contribution is 7.86. The fourth-order valence-corrected chi connectivity index (χ4v) is 5.77. The number of ether oxygens (including phenoxy) is 1. The van der Waals surface area contributed by atoms with Gasteiger partial charge in [-0.1, -0.05) is 12.1 Å². The molecular formula is C24H21N5O11S3. The molecule has 0 heterocycles. The highest BCUT2D eigenvalue weighted by Crippen LogP contribution is 2.43. The number of methoxy groups -OCH3 is 1. The predicted octanol–water partition coefficient (Wildman–Crippen LogP) is 5.02. The first kappa shape index (κ1) is 31.4. The molecule has 0 saturated carbocycles. The van der Waals surface area contributed by atoms with E-state index in [1.165, 1.54) is 37.4 Å². The number of aryl methyl sites for hydroxylation is 1. The van der Waals surface area contributed by atoms with Crippen LogP contribution in [0.25, 0.3) is 10.8 Å². The van der Waals surface area contributed by atoms with Gasteiger partial charge in [0, 0.05) is 17.5 Å². The molecule has 0 bridgehead atoms. The lowest BCUT2D eigenvalue weighted by Gasteiger charge is -2.12. The molecule has 19 heteroatoms. The Morgan fingerprint density at radius 3 is 1.88 bits per heavy atom. The Balaban J connectivity index is 1.82. The van der Waals surface area contributed by atoms with Crippen LogP contribution in [0, 0.1) is 6.92 Å². The van der Waals surface area contributed by atoms with E-state index in [2.05, 4.69) is 20.5 Å². The molecule has 4 aromatic carbocycles. The molecule has 0 amide bonds. The van der Waals surface area contributed by atoms with Crippen LogP contribution in [0.1, 0.15) is 5.56 Å². The third kappa shape index (κ3) is 6.61. The second-order valence-corrected chi connectivity index (χ2v) is 13.0. The van der Waals surface area contributed by atoms with Crippen molar-refractivity contribution in [3.63, 3.8) is 0 Å². The van der Waals surface area contributed by atoms with Crippen molar-refractivity contribution in [2.24, 2.45) is 20.5 Å². The molecule has 226 valence electrons. The summed E-state index contributed by atoms with van der Waals surface area (Å²) in [4.78, 5) is -2.18. The largest absolute Gasteiger partial charge is 0.507 e. The van der Waals surface area contributed by atoms with E-state index < -0.39 is 56.2 Å². The van der Waals surface area contributed by atoms with Gasteiger partial charge in [-0.05, 0) is 42.8 Å². The number of fused-ring (bicyclic) bond motifs is 1. The number of phenols is 1. The van der Waals surface area contributed by atoms with Gasteiger partial charge in [-0.15, -0.1) is 15.3 Å².